The number of benzene rings is 1. The smallest absolute Gasteiger partial charge is 0.338 e. The monoisotopic (exact) mass is 316 g/mol. The fourth-order valence-corrected chi connectivity index (χ4v) is 2.38. The van der Waals surface area contributed by atoms with Gasteiger partial charge in [-0.1, -0.05) is 26.8 Å². The van der Waals surface area contributed by atoms with Gasteiger partial charge in [-0.05, 0) is 36.3 Å². The van der Waals surface area contributed by atoms with Gasteiger partial charge < -0.3 is 9.16 Å². The van der Waals surface area contributed by atoms with E-state index in [1.807, 2.05) is 0 Å². The molecule has 0 amide bonds. The summed E-state index contributed by atoms with van der Waals surface area (Å²) >= 11 is 0. The van der Waals surface area contributed by atoms with Gasteiger partial charge in [-0.2, -0.15) is 0 Å². The Morgan fingerprint density at radius 3 is 2.43 bits per heavy atom. The van der Waals surface area contributed by atoms with Crippen molar-refractivity contribution in [3.8, 4) is 5.75 Å². The molecule has 0 radical (unpaired) electrons. The molecule has 0 aliphatic heterocycles. The number of hydrogen-bond acceptors (Lipinski definition) is 3. The predicted molar refractivity (Wildman–Crippen MR) is 80.6 cm³/mol. The van der Waals surface area contributed by atoms with E-state index in [2.05, 4.69) is 38.6 Å². The summed E-state index contributed by atoms with van der Waals surface area (Å²) in [5.41, 5.74) is 0.215. The first-order chi connectivity index (χ1) is 9.53. The van der Waals surface area contributed by atoms with Gasteiger partial charge in [0.05, 0.1) is 5.56 Å². The molecule has 1 aromatic carbocycles. The maximum Gasteiger partial charge on any atom is 0.338 e. The van der Waals surface area contributed by atoms with Crippen LogP contribution in [0, 0.1) is 0 Å². The molecule has 0 aromatic heterocycles. The van der Waals surface area contributed by atoms with E-state index in [4.69, 9.17) is 4.43 Å². The molecule has 1 aromatic rings. The molecular formula is C15H22F2O3Si. The molecule has 0 N–H and O–H groups in total. The topological polar surface area (TPSA) is 35.5 Å². The zero-order valence-corrected chi connectivity index (χ0v) is 14.1. The third-order valence-corrected chi connectivity index (χ3v) is 7.95. The van der Waals surface area contributed by atoms with Gasteiger partial charge in [-0.25, -0.2) is 13.6 Å². The number of hydrogen-bond donors (Lipinski definition) is 0. The van der Waals surface area contributed by atoms with E-state index in [1.165, 1.54) is 12.1 Å². The van der Waals surface area contributed by atoms with Crippen molar-refractivity contribution in [2.24, 2.45) is 0 Å². The third-order valence-electron chi connectivity index (χ3n) is 3.59. The van der Waals surface area contributed by atoms with Gasteiger partial charge in [0.2, 0.25) is 8.32 Å². The van der Waals surface area contributed by atoms with Crippen molar-refractivity contribution in [3.63, 3.8) is 0 Å². The Labute approximate surface area is 125 Å². The summed E-state index contributed by atoms with van der Waals surface area (Å²) in [6, 6.07) is 6.46. The van der Waals surface area contributed by atoms with Crippen LogP contribution in [-0.2, 0) is 4.74 Å². The highest BCUT2D eigenvalue weighted by Crippen LogP contribution is 2.37. The number of carbonyl (C=O) groups excluding carboxylic acids is 1. The Balaban J connectivity index is 2.84. The summed E-state index contributed by atoms with van der Waals surface area (Å²) in [6.45, 7) is 9.62. The van der Waals surface area contributed by atoms with Gasteiger partial charge in [0, 0.05) is 0 Å². The fourth-order valence-electron chi connectivity index (χ4n) is 1.36. The van der Waals surface area contributed by atoms with Crippen LogP contribution in [0.5, 0.6) is 5.75 Å². The van der Waals surface area contributed by atoms with Crippen molar-refractivity contribution < 1.29 is 22.7 Å². The predicted octanol–water partition coefficient (Wildman–Crippen LogP) is 4.49. The molecule has 3 nitrogen and oxygen atoms in total. The van der Waals surface area contributed by atoms with E-state index < -0.39 is 27.3 Å². The normalized spacial score (nSPS) is 12.4. The molecule has 0 saturated heterocycles. The first-order valence-corrected chi connectivity index (χ1v) is 9.68. The van der Waals surface area contributed by atoms with Crippen LogP contribution < -0.4 is 4.43 Å². The number of rotatable bonds is 5. The van der Waals surface area contributed by atoms with Crippen LogP contribution in [0.4, 0.5) is 8.78 Å². The van der Waals surface area contributed by atoms with Crippen molar-refractivity contribution in [1.82, 2.24) is 0 Å². The number of carbonyl (C=O) groups is 1. The van der Waals surface area contributed by atoms with Crippen LogP contribution >= 0.6 is 0 Å². The average Bonchev–Trinajstić information content (AvgIpc) is 2.34. The molecule has 21 heavy (non-hydrogen) atoms. The van der Waals surface area contributed by atoms with E-state index in [9.17, 15) is 13.6 Å². The summed E-state index contributed by atoms with van der Waals surface area (Å²) in [5.74, 6) is -0.205. The second-order valence-corrected chi connectivity index (χ2v) is 11.1. The zero-order valence-electron chi connectivity index (χ0n) is 13.1. The Morgan fingerprint density at radius 1 is 1.29 bits per heavy atom. The molecule has 0 saturated carbocycles. The van der Waals surface area contributed by atoms with Crippen molar-refractivity contribution in [3.05, 3.63) is 29.8 Å². The van der Waals surface area contributed by atoms with E-state index in [0.29, 0.717) is 5.75 Å². The molecule has 0 spiro atoms. The maximum absolute atomic E-state index is 12.0. The Kier molecular flexibility index (Phi) is 5.50. The van der Waals surface area contributed by atoms with Crippen molar-refractivity contribution in [2.75, 3.05) is 6.61 Å². The van der Waals surface area contributed by atoms with Crippen molar-refractivity contribution in [1.29, 1.82) is 0 Å². The molecule has 0 bridgehead atoms. The lowest BCUT2D eigenvalue weighted by Gasteiger charge is -2.36. The number of alkyl halides is 2. The molecule has 0 aliphatic rings. The molecule has 0 atom stereocenters. The molecule has 0 aliphatic carbocycles. The number of halogens is 2. The molecule has 0 fully saturated rings. The van der Waals surface area contributed by atoms with Gasteiger partial charge >= 0.3 is 5.97 Å². The number of esters is 1. The zero-order chi connectivity index (χ0) is 16.3. The van der Waals surface area contributed by atoms with Crippen LogP contribution in [0.1, 0.15) is 31.1 Å². The van der Waals surface area contributed by atoms with E-state index in [0.717, 1.165) is 0 Å². The minimum Gasteiger partial charge on any atom is -0.543 e. The Morgan fingerprint density at radius 2 is 1.90 bits per heavy atom. The molecule has 1 rings (SSSR count). The average molecular weight is 316 g/mol. The SMILES string of the molecule is CC(C)(C)[Si](C)(C)Oc1cccc(C(=O)OCC(F)F)c1. The van der Waals surface area contributed by atoms with E-state index in [1.54, 1.807) is 12.1 Å². The highest BCUT2D eigenvalue weighted by atomic mass is 28.4. The molecule has 0 heterocycles. The van der Waals surface area contributed by atoms with Gasteiger partial charge in [0.25, 0.3) is 6.43 Å². The lowest BCUT2D eigenvalue weighted by molar-refractivity contribution is 0.0160. The van der Waals surface area contributed by atoms with Crippen LogP contribution in [0.15, 0.2) is 24.3 Å². The third kappa shape index (κ3) is 5.11. The maximum atomic E-state index is 12.0. The second kappa shape index (κ2) is 6.55. The highest BCUT2D eigenvalue weighted by molar-refractivity contribution is 6.74. The minimum atomic E-state index is -2.67. The van der Waals surface area contributed by atoms with Crippen LogP contribution in [-0.4, -0.2) is 27.3 Å². The van der Waals surface area contributed by atoms with Crippen molar-refractivity contribution in [2.45, 2.75) is 45.3 Å². The second-order valence-electron chi connectivity index (χ2n) is 6.38. The summed E-state index contributed by atoms with van der Waals surface area (Å²) in [4.78, 5) is 11.7. The lowest BCUT2D eigenvalue weighted by Crippen LogP contribution is -2.43. The van der Waals surface area contributed by atoms with Crippen molar-refractivity contribution >= 4 is 14.3 Å². The Hall–Kier alpha value is -1.43. The van der Waals surface area contributed by atoms with Gasteiger partial charge in [-0.15, -0.1) is 0 Å². The van der Waals surface area contributed by atoms with E-state index >= 15 is 0 Å². The summed E-state index contributed by atoms with van der Waals surface area (Å²) < 4.78 is 34.7. The largest absolute Gasteiger partial charge is 0.543 e. The fraction of sp³-hybridized carbons (Fsp3) is 0.533. The number of ether oxygens (including phenoxy) is 1. The standard InChI is InChI=1S/C15H22F2O3Si/c1-15(2,3)21(4,5)20-12-8-6-7-11(9-12)14(18)19-10-13(16)17/h6-9,13H,10H2,1-5H3. The van der Waals surface area contributed by atoms with Gasteiger partial charge in [-0.3, -0.25) is 0 Å². The van der Waals surface area contributed by atoms with Crippen LogP contribution in [0.3, 0.4) is 0 Å². The van der Waals surface area contributed by atoms with E-state index in [-0.39, 0.29) is 10.6 Å². The van der Waals surface area contributed by atoms with Crippen LogP contribution in [0.2, 0.25) is 18.1 Å². The Bertz CT molecular complexity index is 496. The summed E-state index contributed by atoms with van der Waals surface area (Å²) in [5, 5.41) is 0.0270. The first-order valence-electron chi connectivity index (χ1n) is 6.77. The highest BCUT2D eigenvalue weighted by Gasteiger charge is 2.39. The minimum absolute atomic E-state index is 0.0270. The van der Waals surface area contributed by atoms with Gasteiger partial charge in [0.1, 0.15) is 5.75 Å². The summed E-state index contributed by atoms with van der Waals surface area (Å²) in [6.07, 6.45) is -2.67. The molecular weight excluding hydrogens is 294 g/mol. The first kappa shape index (κ1) is 17.6. The molecule has 118 valence electrons. The summed E-state index contributed by atoms with van der Waals surface area (Å²) in [7, 11) is -2.01. The quantitative estimate of drug-likeness (QED) is 0.593. The molecule has 0 unspecified atom stereocenters. The van der Waals surface area contributed by atoms with Crippen LogP contribution in [0.25, 0.3) is 0 Å². The lowest BCUT2D eigenvalue weighted by atomic mass is 10.2. The van der Waals surface area contributed by atoms with Gasteiger partial charge in [0.15, 0.2) is 6.61 Å². The molecule has 6 heteroatoms.